The summed E-state index contributed by atoms with van der Waals surface area (Å²) in [7, 11) is 0. The van der Waals surface area contributed by atoms with E-state index in [0.717, 1.165) is 57.1 Å². The quantitative estimate of drug-likeness (QED) is 0.338. The average molecular weight is 552 g/mol. The van der Waals surface area contributed by atoms with Crippen LogP contribution in [0, 0.1) is 45.1 Å². The Kier molecular flexibility index (Phi) is 5.45. The van der Waals surface area contributed by atoms with Crippen LogP contribution in [0.4, 0.5) is 13.6 Å². The molecule has 1 amide bonds. The zero-order valence-electron chi connectivity index (χ0n) is 23.6. The molecule has 1 N–H and O–H groups in total. The van der Waals surface area contributed by atoms with Crippen LogP contribution in [-0.2, 0) is 4.74 Å². The lowest BCUT2D eigenvalue weighted by molar-refractivity contribution is -0.164. The molecule has 8 atom stereocenters. The van der Waals surface area contributed by atoms with Crippen LogP contribution in [0.1, 0.15) is 82.5 Å². The van der Waals surface area contributed by atoms with E-state index in [0.29, 0.717) is 25.1 Å². The van der Waals surface area contributed by atoms with Gasteiger partial charge in [-0.3, -0.25) is 4.79 Å². The number of carbonyl (C=O) groups excluding carboxylic acids is 2. The van der Waals surface area contributed by atoms with Crippen molar-refractivity contribution >= 4 is 11.9 Å². The molecule has 0 radical (unpaired) electrons. The molecule has 6 aliphatic carbocycles. The second kappa shape index (κ2) is 8.27. The number of rotatable bonds is 4. The third kappa shape index (κ3) is 3.00. The van der Waals surface area contributed by atoms with Gasteiger partial charge < -0.3 is 14.7 Å². The Morgan fingerprint density at radius 1 is 1.05 bits per heavy atom. The summed E-state index contributed by atoms with van der Waals surface area (Å²) in [6.45, 7) is 7.89. The van der Waals surface area contributed by atoms with Crippen molar-refractivity contribution in [3.05, 3.63) is 59.2 Å². The third-order valence-corrected chi connectivity index (χ3v) is 12.6. The first-order chi connectivity index (χ1) is 19.0. The van der Waals surface area contributed by atoms with Gasteiger partial charge in [0.2, 0.25) is 0 Å². The van der Waals surface area contributed by atoms with Crippen LogP contribution in [0.2, 0.25) is 0 Å². The third-order valence-electron chi connectivity index (χ3n) is 12.6. The van der Waals surface area contributed by atoms with E-state index in [1.807, 2.05) is 4.90 Å². The van der Waals surface area contributed by atoms with E-state index in [9.17, 15) is 23.5 Å². The van der Waals surface area contributed by atoms with Gasteiger partial charge in [0.05, 0.1) is 12.6 Å². The Morgan fingerprint density at radius 3 is 2.52 bits per heavy atom. The highest BCUT2D eigenvalue weighted by Crippen LogP contribution is 2.79. The normalized spacial score (nSPS) is 44.8. The molecule has 4 fully saturated rings. The fourth-order valence-corrected chi connectivity index (χ4v) is 10.6. The van der Waals surface area contributed by atoms with Crippen molar-refractivity contribution in [2.75, 3.05) is 13.1 Å². The summed E-state index contributed by atoms with van der Waals surface area (Å²) >= 11 is 0. The van der Waals surface area contributed by atoms with Crippen LogP contribution in [-0.4, -0.2) is 46.7 Å². The number of nitrogens with zero attached hydrogens (tertiary/aromatic N) is 1. The molecule has 1 aromatic rings. The molecule has 0 aromatic heterocycles. The number of amides is 1. The molecule has 8 rings (SSSR count). The van der Waals surface area contributed by atoms with Crippen molar-refractivity contribution in [3.8, 4) is 0 Å². The number of aliphatic hydroxyl groups excluding tert-OH is 1. The van der Waals surface area contributed by atoms with Crippen molar-refractivity contribution < 1.29 is 28.2 Å². The van der Waals surface area contributed by atoms with Crippen LogP contribution in [0.25, 0.3) is 0 Å². The summed E-state index contributed by atoms with van der Waals surface area (Å²) in [5, 5.41) is 10.8. The number of hydrogen-bond donors (Lipinski definition) is 1. The molecule has 5 nitrogen and oxygen atoms in total. The topological polar surface area (TPSA) is 66.8 Å². The van der Waals surface area contributed by atoms with E-state index in [2.05, 4.69) is 39.0 Å². The number of ketones is 1. The minimum Gasteiger partial charge on any atom is -0.440 e. The first-order valence-electron chi connectivity index (χ1n) is 15.0. The van der Waals surface area contributed by atoms with E-state index in [-0.39, 0.29) is 40.1 Å². The second-order valence-corrected chi connectivity index (χ2v) is 14.0. The molecule has 7 aliphatic rings. The number of fused-ring (bicyclic) bond motifs is 2. The standard InChI is InChI=1S/C33H39F2NO4/c1-4-15-36-19-32(40-28(36)39)12-9-26-30(32,3)11-8-25-29(2)10-7-21(37)17-31(29)13-14-33(25,26)22(18-31)27(38)20-5-6-23(34)24(35)16-20/h5-6,13-14,16,18,21,25-26,37H,4,7-12,15,17,19H2,1-3H3. The predicted octanol–water partition coefficient (Wildman–Crippen LogP) is 6.61. The monoisotopic (exact) mass is 551 g/mol. The van der Waals surface area contributed by atoms with E-state index in [4.69, 9.17) is 4.74 Å². The van der Waals surface area contributed by atoms with Gasteiger partial charge in [-0.15, -0.1) is 0 Å². The lowest BCUT2D eigenvalue weighted by Crippen LogP contribution is -2.67. The van der Waals surface area contributed by atoms with Gasteiger partial charge >= 0.3 is 6.09 Å². The Balaban J connectivity index is 1.39. The van der Waals surface area contributed by atoms with Gasteiger partial charge in [-0.25, -0.2) is 13.6 Å². The highest BCUT2D eigenvalue weighted by Gasteiger charge is 2.76. The Bertz CT molecular complexity index is 1370. The van der Waals surface area contributed by atoms with Crippen LogP contribution in [0.5, 0.6) is 0 Å². The van der Waals surface area contributed by atoms with Crippen molar-refractivity contribution in [1.82, 2.24) is 4.90 Å². The fourth-order valence-electron chi connectivity index (χ4n) is 10.6. The van der Waals surface area contributed by atoms with E-state index >= 15 is 0 Å². The molecule has 3 spiro atoms. The van der Waals surface area contributed by atoms with Gasteiger partial charge in [0.15, 0.2) is 17.4 Å². The van der Waals surface area contributed by atoms with Crippen LogP contribution >= 0.6 is 0 Å². The molecule has 7 heteroatoms. The Hall–Kier alpha value is -2.54. The summed E-state index contributed by atoms with van der Waals surface area (Å²) in [4.78, 5) is 29.2. The lowest BCUT2D eigenvalue weighted by atomic mass is 9.32. The first-order valence-corrected chi connectivity index (χ1v) is 15.0. The minimum absolute atomic E-state index is 0.0480. The highest BCUT2D eigenvalue weighted by atomic mass is 19.2. The van der Waals surface area contributed by atoms with Crippen molar-refractivity contribution in [3.63, 3.8) is 0 Å². The maximum atomic E-state index is 14.4. The smallest absolute Gasteiger partial charge is 0.410 e. The lowest BCUT2D eigenvalue weighted by Gasteiger charge is -2.71. The molecule has 1 aliphatic heterocycles. The number of benzene rings is 1. The average Bonchev–Trinajstić information content (AvgIpc) is 3.40. The van der Waals surface area contributed by atoms with Crippen molar-refractivity contribution in [2.24, 2.45) is 33.5 Å². The molecule has 214 valence electrons. The fraction of sp³-hybridized carbons (Fsp3) is 0.636. The summed E-state index contributed by atoms with van der Waals surface area (Å²) < 4.78 is 34.6. The minimum atomic E-state index is -1.03. The summed E-state index contributed by atoms with van der Waals surface area (Å²) in [5.41, 5.74) is -1.37. The maximum absolute atomic E-state index is 14.4. The Labute approximate surface area is 234 Å². The second-order valence-electron chi connectivity index (χ2n) is 14.0. The van der Waals surface area contributed by atoms with Crippen LogP contribution in [0.3, 0.4) is 0 Å². The number of hydrogen-bond acceptors (Lipinski definition) is 4. The molecule has 1 saturated heterocycles. The van der Waals surface area contributed by atoms with Gasteiger partial charge in [-0.2, -0.15) is 0 Å². The number of ether oxygens (including phenoxy) is 1. The molecular formula is C33H39F2NO4. The molecule has 2 bridgehead atoms. The summed E-state index contributed by atoms with van der Waals surface area (Å²) in [6, 6.07) is 3.42. The van der Waals surface area contributed by atoms with Gasteiger partial charge in [0.25, 0.3) is 0 Å². The maximum Gasteiger partial charge on any atom is 0.410 e. The first kappa shape index (κ1) is 26.4. The van der Waals surface area contributed by atoms with Gasteiger partial charge in [-0.05, 0) is 86.8 Å². The van der Waals surface area contributed by atoms with Crippen LogP contribution < -0.4 is 0 Å². The number of halogens is 2. The molecule has 3 saturated carbocycles. The number of Topliss-reactive ketones (excluding diaryl/α,β-unsaturated/α-hetero) is 1. The largest absolute Gasteiger partial charge is 0.440 e. The van der Waals surface area contributed by atoms with Crippen LogP contribution in [0.15, 0.2) is 42.0 Å². The predicted molar refractivity (Wildman–Crippen MR) is 145 cm³/mol. The van der Waals surface area contributed by atoms with E-state index in [1.54, 1.807) is 0 Å². The van der Waals surface area contributed by atoms with E-state index in [1.165, 1.54) is 6.07 Å². The van der Waals surface area contributed by atoms with Gasteiger partial charge in [0.1, 0.15) is 5.60 Å². The molecular weight excluding hydrogens is 512 g/mol. The Morgan fingerprint density at radius 2 is 1.77 bits per heavy atom. The number of carbonyl (C=O) groups is 2. The number of aliphatic hydroxyl groups is 1. The summed E-state index contributed by atoms with van der Waals surface area (Å²) in [6.07, 6.45) is 12.3. The zero-order chi connectivity index (χ0) is 28.3. The van der Waals surface area contributed by atoms with Gasteiger partial charge in [-0.1, -0.05) is 39.0 Å². The molecule has 8 unspecified atom stereocenters. The van der Waals surface area contributed by atoms with Gasteiger partial charge in [0, 0.05) is 33.9 Å². The number of allylic oxidation sites excluding steroid dienone is 4. The van der Waals surface area contributed by atoms with E-state index < -0.39 is 34.2 Å². The molecule has 1 aromatic carbocycles. The highest BCUT2D eigenvalue weighted by molar-refractivity contribution is 6.10. The molecule has 1 heterocycles. The molecule has 40 heavy (non-hydrogen) atoms. The van der Waals surface area contributed by atoms with Crippen molar-refractivity contribution in [1.29, 1.82) is 0 Å². The SMILES string of the molecule is CCCN1CC2(CCC3C45C=CC6(C=C4C(=O)c4ccc(F)c(F)c4)CC(O)CCC6(C)C5CCC32C)OC1=O. The zero-order valence-corrected chi connectivity index (χ0v) is 23.6. The van der Waals surface area contributed by atoms with Crippen molar-refractivity contribution in [2.45, 2.75) is 83.8 Å². The summed E-state index contributed by atoms with van der Waals surface area (Å²) in [5.74, 6) is -2.07.